The average Bonchev–Trinajstić information content (AvgIpc) is 3.00. The van der Waals surface area contributed by atoms with Gasteiger partial charge in [0.2, 0.25) is 0 Å². The molecule has 2 heterocycles. The molecule has 124 valence electrons. The van der Waals surface area contributed by atoms with E-state index in [1.165, 1.54) is 0 Å². The van der Waals surface area contributed by atoms with E-state index in [4.69, 9.17) is 4.98 Å². The number of pyridine rings is 1. The highest BCUT2D eigenvalue weighted by molar-refractivity contribution is 5.95. The Bertz CT molecular complexity index is 869. The van der Waals surface area contributed by atoms with Gasteiger partial charge < -0.3 is 9.88 Å². The smallest absolute Gasteiger partial charge is 0.251 e. The molecule has 1 aromatic carbocycles. The van der Waals surface area contributed by atoms with Crippen LogP contribution in [0.1, 0.15) is 37.6 Å². The van der Waals surface area contributed by atoms with E-state index in [2.05, 4.69) is 28.7 Å². The minimum Gasteiger partial charge on any atom is -0.350 e. The third-order valence-electron chi connectivity index (χ3n) is 4.19. The first-order valence-corrected chi connectivity index (χ1v) is 8.36. The molecule has 0 saturated carbocycles. The van der Waals surface area contributed by atoms with Crippen molar-refractivity contribution in [3.8, 4) is 11.4 Å². The number of aryl methyl sites for hydroxylation is 1. The number of hydrogen-bond donors (Lipinski definition) is 1. The van der Waals surface area contributed by atoms with Crippen LogP contribution in [0.25, 0.3) is 22.6 Å². The molecule has 0 aliphatic heterocycles. The summed E-state index contributed by atoms with van der Waals surface area (Å²) in [6.45, 7) is 6.90. The highest BCUT2D eigenvalue weighted by atomic mass is 16.1. The van der Waals surface area contributed by atoms with Crippen LogP contribution in [0.3, 0.4) is 0 Å². The van der Waals surface area contributed by atoms with Crippen molar-refractivity contribution in [1.29, 1.82) is 0 Å². The lowest BCUT2D eigenvalue weighted by Crippen LogP contribution is -2.31. The van der Waals surface area contributed by atoms with Gasteiger partial charge in [-0.2, -0.15) is 0 Å². The van der Waals surface area contributed by atoms with E-state index in [9.17, 15) is 4.79 Å². The molecule has 0 saturated heterocycles. The second-order valence-electron chi connectivity index (χ2n) is 5.89. The van der Waals surface area contributed by atoms with E-state index < -0.39 is 0 Å². The fourth-order valence-electron chi connectivity index (χ4n) is 2.69. The molecule has 3 aromatic rings. The number of nitrogens with one attached hydrogen (secondary N) is 1. The molecule has 2 aromatic heterocycles. The number of nitrogens with zero attached hydrogens (tertiary/aromatic N) is 3. The summed E-state index contributed by atoms with van der Waals surface area (Å²) in [4.78, 5) is 21.5. The van der Waals surface area contributed by atoms with Crippen LogP contribution in [-0.4, -0.2) is 26.5 Å². The van der Waals surface area contributed by atoms with Crippen LogP contribution in [0.2, 0.25) is 0 Å². The second kappa shape index (κ2) is 6.83. The van der Waals surface area contributed by atoms with E-state index >= 15 is 0 Å². The van der Waals surface area contributed by atoms with E-state index in [0.29, 0.717) is 5.56 Å². The Hall–Kier alpha value is -2.69. The van der Waals surface area contributed by atoms with Gasteiger partial charge in [-0.15, -0.1) is 0 Å². The monoisotopic (exact) mass is 322 g/mol. The van der Waals surface area contributed by atoms with E-state index in [1.807, 2.05) is 43.3 Å². The highest BCUT2D eigenvalue weighted by Crippen LogP contribution is 2.24. The molecule has 1 amide bonds. The van der Waals surface area contributed by atoms with E-state index in [0.717, 1.165) is 35.5 Å². The normalized spacial score (nSPS) is 12.3. The van der Waals surface area contributed by atoms with Gasteiger partial charge in [-0.3, -0.25) is 4.79 Å². The molecule has 0 bridgehead atoms. The van der Waals surface area contributed by atoms with E-state index in [-0.39, 0.29) is 11.9 Å². The summed E-state index contributed by atoms with van der Waals surface area (Å²) in [7, 11) is 0. The van der Waals surface area contributed by atoms with Crippen molar-refractivity contribution >= 4 is 17.1 Å². The molecule has 5 heteroatoms. The molecular formula is C19H22N4O. The van der Waals surface area contributed by atoms with Crippen molar-refractivity contribution in [2.24, 2.45) is 0 Å². The Morgan fingerprint density at radius 2 is 2.08 bits per heavy atom. The van der Waals surface area contributed by atoms with Crippen LogP contribution >= 0.6 is 0 Å². The molecule has 5 nitrogen and oxygen atoms in total. The number of carbonyl (C=O) groups excluding carboxylic acids is 1. The van der Waals surface area contributed by atoms with Crippen molar-refractivity contribution < 1.29 is 4.79 Å². The summed E-state index contributed by atoms with van der Waals surface area (Å²) in [6.07, 6.45) is 2.68. The van der Waals surface area contributed by atoms with Gasteiger partial charge in [0, 0.05) is 29.9 Å². The Kier molecular flexibility index (Phi) is 4.60. The summed E-state index contributed by atoms with van der Waals surface area (Å²) in [5, 5.41) is 3.00. The fourth-order valence-corrected chi connectivity index (χ4v) is 2.69. The lowest BCUT2D eigenvalue weighted by molar-refractivity contribution is 0.0939. The van der Waals surface area contributed by atoms with Crippen molar-refractivity contribution in [2.75, 3.05) is 0 Å². The van der Waals surface area contributed by atoms with Gasteiger partial charge in [0.1, 0.15) is 11.3 Å². The highest BCUT2D eigenvalue weighted by Gasteiger charge is 2.14. The maximum absolute atomic E-state index is 12.4. The Morgan fingerprint density at radius 1 is 1.25 bits per heavy atom. The first-order chi connectivity index (χ1) is 11.6. The summed E-state index contributed by atoms with van der Waals surface area (Å²) < 4.78 is 2.07. The maximum Gasteiger partial charge on any atom is 0.251 e. The zero-order valence-corrected chi connectivity index (χ0v) is 14.3. The van der Waals surface area contributed by atoms with Crippen LogP contribution in [0.4, 0.5) is 0 Å². The summed E-state index contributed by atoms with van der Waals surface area (Å²) in [5.41, 5.74) is 3.30. The molecule has 0 aliphatic carbocycles. The first-order valence-electron chi connectivity index (χ1n) is 8.36. The van der Waals surface area contributed by atoms with Gasteiger partial charge in [-0.1, -0.05) is 19.1 Å². The fraction of sp³-hybridized carbons (Fsp3) is 0.316. The van der Waals surface area contributed by atoms with Gasteiger partial charge in [-0.05, 0) is 44.5 Å². The predicted octanol–water partition coefficient (Wildman–Crippen LogP) is 3.65. The van der Waals surface area contributed by atoms with Gasteiger partial charge >= 0.3 is 0 Å². The zero-order chi connectivity index (χ0) is 17.1. The molecule has 1 N–H and O–H groups in total. The quantitative estimate of drug-likeness (QED) is 0.780. The van der Waals surface area contributed by atoms with Crippen molar-refractivity contribution in [1.82, 2.24) is 19.9 Å². The second-order valence-corrected chi connectivity index (χ2v) is 5.89. The molecule has 3 rings (SSSR count). The number of aromatic nitrogens is 3. The standard InChI is InChI=1S/C19H22N4O/c1-4-13(3)21-19(24)15-9-6-8-14(12-15)17-22-16-10-7-11-20-18(16)23(17)5-2/h6-13H,4-5H2,1-3H3,(H,21,24)/t13-/m0/s1. The van der Waals surface area contributed by atoms with Gasteiger partial charge in [0.15, 0.2) is 5.65 Å². The van der Waals surface area contributed by atoms with Crippen LogP contribution < -0.4 is 5.32 Å². The minimum atomic E-state index is -0.0523. The van der Waals surface area contributed by atoms with Gasteiger partial charge in [0.25, 0.3) is 5.91 Å². The SMILES string of the molecule is CC[C@H](C)NC(=O)c1cccc(-c2nc3cccnc3n2CC)c1. The van der Waals surface area contributed by atoms with Crippen molar-refractivity contribution in [3.05, 3.63) is 48.2 Å². The molecule has 0 spiro atoms. The third-order valence-corrected chi connectivity index (χ3v) is 4.19. The third kappa shape index (κ3) is 3.02. The summed E-state index contributed by atoms with van der Waals surface area (Å²) in [5.74, 6) is 0.785. The maximum atomic E-state index is 12.4. The lowest BCUT2D eigenvalue weighted by Gasteiger charge is -2.12. The van der Waals surface area contributed by atoms with Crippen LogP contribution in [-0.2, 0) is 6.54 Å². The molecule has 1 atom stereocenters. The number of rotatable bonds is 5. The lowest BCUT2D eigenvalue weighted by atomic mass is 10.1. The van der Waals surface area contributed by atoms with Crippen LogP contribution in [0, 0.1) is 0 Å². The molecule has 24 heavy (non-hydrogen) atoms. The van der Waals surface area contributed by atoms with Crippen molar-refractivity contribution in [3.63, 3.8) is 0 Å². The van der Waals surface area contributed by atoms with E-state index in [1.54, 1.807) is 6.20 Å². The Labute approximate surface area is 141 Å². The Balaban J connectivity index is 2.02. The predicted molar refractivity (Wildman–Crippen MR) is 95.9 cm³/mol. The number of hydrogen-bond acceptors (Lipinski definition) is 3. The molecule has 0 unspecified atom stereocenters. The molecular weight excluding hydrogens is 300 g/mol. The number of fused-ring (bicyclic) bond motifs is 1. The Morgan fingerprint density at radius 3 is 2.83 bits per heavy atom. The number of amides is 1. The van der Waals surface area contributed by atoms with Crippen molar-refractivity contribution in [2.45, 2.75) is 39.8 Å². The molecule has 0 aliphatic rings. The summed E-state index contributed by atoms with van der Waals surface area (Å²) >= 11 is 0. The number of benzene rings is 1. The molecule has 0 radical (unpaired) electrons. The van der Waals surface area contributed by atoms with Gasteiger partial charge in [0.05, 0.1) is 0 Å². The summed E-state index contributed by atoms with van der Waals surface area (Å²) in [6, 6.07) is 11.6. The van der Waals surface area contributed by atoms with Crippen LogP contribution in [0.15, 0.2) is 42.6 Å². The topological polar surface area (TPSA) is 59.8 Å². The molecule has 0 fully saturated rings. The number of imidazole rings is 1. The minimum absolute atomic E-state index is 0.0523. The first kappa shape index (κ1) is 16.2. The average molecular weight is 322 g/mol. The van der Waals surface area contributed by atoms with Gasteiger partial charge in [-0.25, -0.2) is 9.97 Å². The number of carbonyl (C=O) groups is 1. The zero-order valence-electron chi connectivity index (χ0n) is 14.3. The largest absolute Gasteiger partial charge is 0.350 e. The van der Waals surface area contributed by atoms with Crippen LogP contribution in [0.5, 0.6) is 0 Å².